The van der Waals surface area contributed by atoms with Gasteiger partial charge in [-0.2, -0.15) is 4.31 Å². The van der Waals surface area contributed by atoms with E-state index in [2.05, 4.69) is 0 Å². The lowest BCUT2D eigenvalue weighted by atomic mass is 10.4. The molecule has 1 unspecified atom stereocenters. The number of hydrogen-bond donors (Lipinski definition) is 1. The minimum absolute atomic E-state index is 0. The fraction of sp³-hybridized carbons (Fsp3) is 0.600. The third-order valence-corrected chi connectivity index (χ3v) is 4.69. The molecule has 0 aromatic carbocycles. The number of rotatable bonds is 4. The number of aryl methyl sites for hydroxylation is 2. The number of hydrogen-bond acceptors (Lipinski definition) is 4. The summed E-state index contributed by atoms with van der Waals surface area (Å²) in [5.74, 6) is 0.999. The predicted octanol–water partition coefficient (Wildman–Crippen LogP) is 1.29. The summed E-state index contributed by atoms with van der Waals surface area (Å²) in [7, 11) is -1.98. The van der Waals surface area contributed by atoms with E-state index < -0.39 is 10.0 Å². The molecule has 1 aromatic heterocycles. The highest BCUT2D eigenvalue weighted by Crippen LogP contribution is 2.23. The molecular formula is C10H19ClN2O3S. The Morgan fingerprint density at radius 2 is 2.00 bits per heavy atom. The lowest BCUT2D eigenvalue weighted by Crippen LogP contribution is -2.39. The van der Waals surface area contributed by atoms with Gasteiger partial charge in [-0.3, -0.25) is 0 Å². The van der Waals surface area contributed by atoms with Crippen LogP contribution >= 0.6 is 12.4 Å². The van der Waals surface area contributed by atoms with E-state index in [-0.39, 0.29) is 29.9 Å². The van der Waals surface area contributed by atoms with Crippen LogP contribution < -0.4 is 5.73 Å². The molecule has 0 radical (unpaired) electrons. The molecule has 1 aromatic rings. The molecule has 0 saturated carbocycles. The van der Waals surface area contributed by atoms with E-state index in [1.807, 2.05) is 0 Å². The van der Waals surface area contributed by atoms with Crippen LogP contribution in [0.3, 0.4) is 0 Å². The summed E-state index contributed by atoms with van der Waals surface area (Å²) in [6.07, 6.45) is 0. The van der Waals surface area contributed by atoms with Crippen molar-refractivity contribution in [2.45, 2.75) is 31.7 Å². The Kier molecular flexibility index (Phi) is 5.67. The van der Waals surface area contributed by atoms with Gasteiger partial charge in [0.1, 0.15) is 16.4 Å². The van der Waals surface area contributed by atoms with Crippen molar-refractivity contribution in [3.05, 3.63) is 17.6 Å². The molecule has 1 heterocycles. The predicted molar refractivity (Wildman–Crippen MR) is 68.9 cm³/mol. The summed E-state index contributed by atoms with van der Waals surface area (Å²) in [4.78, 5) is 0.216. The van der Waals surface area contributed by atoms with Crippen molar-refractivity contribution < 1.29 is 12.8 Å². The number of nitrogens with two attached hydrogens (primary N) is 1. The van der Waals surface area contributed by atoms with Crippen molar-refractivity contribution in [3.63, 3.8) is 0 Å². The monoisotopic (exact) mass is 282 g/mol. The molecule has 0 bridgehead atoms. The third kappa shape index (κ3) is 3.22. The Labute approximate surface area is 108 Å². The summed E-state index contributed by atoms with van der Waals surface area (Å²) >= 11 is 0. The molecule has 2 N–H and O–H groups in total. The average molecular weight is 283 g/mol. The standard InChI is InChI=1S/C10H18N2O3S.ClH/c1-7(6-11)12(4)16(13,14)10-5-8(2)15-9(10)3;/h5,7H,6,11H2,1-4H3;1H. The van der Waals surface area contributed by atoms with E-state index in [9.17, 15) is 8.42 Å². The summed E-state index contributed by atoms with van der Waals surface area (Å²) < 4.78 is 30.8. The van der Waals surface area contributed by atoms with Crippen LogP contribution in [-0.4, -0.2) is 32.4 Å². The van der Waals surface area contributed by atoms with Gasteiger partial charge < -0.3 is 10.2 Å². The fourth-order valence-electron chi connectivity index (χ4n) is 1.40. The fourth-order valence-corrected chi connectivity index (χ4v) is 2.99. The molecule has 0 amide bonds. The SMILES string of the molecule is Cc1cc(S(=O)(=O)N(C)C(C)CN)c(C)o1.Cl. The number of furan rings is 1. The second kappa shape index (κ2) is 5.86. The van der Waals surface area contributed by atoms with Gasteiger partial charge in [0.05, 0.1) is 0 Å². The van der Waals surface area contributed by atoms with E-state index in [0.717, 1.165) is 0 Å². The van der Waals surface area contributed by atoms with Gasteiger partial charge in [0.25, 0.3) is 0 Å². The minimum atomic E-state index is -3.50. The van der Waals surface area contributed by atoms with Gasteiger partial charge in [0, 0.05) is 19.6 Å². The highest BCUT2D eigenvalue weighted by Gasteiger charge is 2.28. The van der Waals surface area contributed by atoms with E-state index in [1.54, 1.807) is 20.8 Å². The zero-order valence-corrected chi connectivity index (χ0v) is 12.1. The molecular weight excluding hydrogens is 264 g/mol. The first-order valence-electron chi connectivity index (χ1n) is 5.05. The Balaban J connectivity index is 0.00000256. The number of halogens is 1. The summed E-state index contributed by atoms with van der Waals surface area (Å²) in [6.45, 7) is 5.41. The molecule has 0 aliphatic rings. The van der Waals surface area contributed by atoms with E-state index >= 15 is 0 Å². The Bertz CT molecular complexity index is 470. The van der Waals surface area contributed by atoms with Crippen molar-refractivity contribution in [3.8, 4) is 0 Å². The minimum Gasteiger partial charge on any atom is -0.465 e. The smallest absolute Gasteiger partial charge is 0.246 e. The summed E-state index contributed by atoms with van der Waals surface area (Å²) in [5, 5.41) is 0. The number of likely N-dealkylation sites (N-methyl/N-ethyl adjacent to an activating group) is 1. The number of sulfonamides is 1. The van der Waals surface area contributed by atoms with Gasteiger partial charge >= 0.3 is 0 Å². The maximum atomic E-state index is 12.2. The Morgan fingerprint density at radius 3 is 2.35 bits per heavy atom. The Hall–Kier alpha value is -0.560. The first-order valence-corrected chi connectivity index (χ1v) is 6.49. The molecule has 17 heavy (non-hydrogen) atoms. The molecule has 1 rings (SSSR count). The lowest BCUT2D eigenvalue weighted by Gasteiger charge is -2.22. The zero-order valence-electron chi connectivity index (χ0n) is 10.4. The first-order chi connectivity index (χ1) is 7.30. The van der Waals surface area contributed by atoms with E-state index in [4.69, 9.17) is 10.2 Å². The highest BCUT2D eigenvalue weighted by atomic mass is 35.5. The summed E-state index contributed by atoms with van der Waals surface area (Å²) in [5.41, 5.74) is 5.46. The number of nitrogens with zero attached hydrogens (tertiary/aromatic N) is 1. The zero-order chi connectivity index (χ0) is 12.5. The van der Waals surface area contributed by atoms with Crippen LogP contribution in [-0.2, 0) is 10.0 Å². The lowest BCUT2D eigenvalue weighted by molar-refractivity contribution is 0.393. The quantitative estimate of drug-likeness (QED) is 0.903. The van der Waals surface area contributed by atoms with Gasteiger partial charge in [0.15, 0.2) is 0 Å². The van der Waals surface area contributed by atoms with Crippen LogP contribution in [0.1, 0.15) is 18.4 Å². The second-order valence-electron chi connectivity index (χ2n) is 3.88. The topological polar surface area (TPSA) is 76.5 Å². The summed E-state index contributed by atoms with van der Waals surface area (Å²) in [6, 6.07) is 1.30. The molecule has 0 aliphatic heterocycles. The van der Waals surface area contributed by atoms with Gasteiger partial charge in [0.2, 0.25) is 10.0 Å². The maximum Gasteiger partial charge on any atom is 0.246 e. The van der Waals surface area contributed by atoms with Crippen molar-refractivity contribution in [1.29, 1.82) is 0 Å². The van der Waals surface area contributed by atoms with Crippen LogP contribution in [0, 0.1) is 13.8 Å². The largest absolute Gasteiger partial charge is 0.465 e. The second-order valence-corrected chi connectivity index (χ2v) is 5.85. The molecule has 0 saturated heterocycles. The van der Waals surface area contributed by atoms with Crippen LogP contribution in [0.2, 0.25) is 0 Å². The molecule has 7 heteroatoms. The van der Waals surface area contributed by atoms with Gasteiger partial charge in [-0.15, -0.1) is 12.4 Å². The molecule has 0 spiro atoms. The highest BCUT2D eigenvalue weighted by molar-refractivity contribution is 7.89. The van der Waals surface area contributed by atoms with Crippen molar-refractivity contribution >= 4 is 22.4 Å². The normalized spacial score (nSPS) is 13.5. The van der Waals surface area contributed by atoms with E-state index in [1.165, 1.54) is 17.4 Å². The molecule has 1 atom stereocenters. The van der Waals surface area contributed by atoms with Gasteiger partial charge in [-0.1, -0.05) is 0 Å². The molecule has 100 valence electrons. The van der Waals surface area contributed by atoms with Gasteiger partial charge in [-0.25, -0.2) is 8.42 Å². The van der Waals surface area contributed by atoms with E-state index in [0.29, 0.717) is 11.5 Å². The van der Waals surface area contributed by atoms with Crippen molar-refractivity contribution in [1.82, 2.24) is 4.31 Å². The average Bonchev–Trinajstić information content (AvgIpc) is 2.56. The maximum absolute atomic E-state index is 12.2. The molecule has 0 fully saturated rings. The molecule has 0 aliphatic carbocycles. The van der Waals surface area contributed by atoms with Crippen LogP contribution in [0.25, 0.3) is 0 Å². The van der Waals surface area contributed by atoms with Crippen LogP contribution in [0.15, 0.2) is 15.4 Å². The van der Waals surface area contributed by atoms with Crippen LogP contribution in [0.4, 0.5) is 0 Å². The van der Waals surface area contributed by atoms with Crippen molar-refractivity contribution in [2.75, 3.05) is 13.6 Å². The molecule has 5 nitrogen and oxygen atoms in total. The first kappa shape index (κ1) is 16.4. The van der Waals surface area contributed by atoms with Crippen LogP contribution in [0.5, 0.6) is 0 Å². The Morgan fingerprint density at radius 1 is 1.47 bits per heavy atom. The van der Waals surface area contributed by atoms with Crippen molar-refractivity contribution in [2.24, 2.45) is 5.73 Å². The van der Waals surface area contributed by atoms with Gasteiger partial charge in [-0.05, 0) is 26.8 Å². The third-order valence-electron chi connectivity index (χ3n) is 2.61.